The maximum atomic E-state index is 5.60. The maximum Gasteiger partial charge on any atom is 0.123 e. The van der Waals surface area contributed by atoms with Gasteiger partial charge in [-0.15, -0.1) is 0 Å². The summed E-state index contributed by atoms with van der Waals surface area (Å²) in [5, 5.41) is 0. The Morgan fingerprint density at radius 1 is 1.13 bits per heavy atom. The molecule has 0 N–H and O–H groups in total. The molecule has 130 valence electrons. The van der Waals surface area contributed by atoms with Crippen molar-refractivity contribution in [3.8, 4) is 5.75 Å². The molecule has 0 atom stereocenters. The molecule has 0 saturated carbocycles. The second-order valence-electron chi connectivity index (χ2n) is 8.24. The van der Waals surface area contributed by atoms with Crippen molar-refractivity contribution in [2.45, 2.75) is 52.6 Å². The predicted octanol–water partition coefficient (Wildman–Crippen LogP) is 3.98. The van der Waals surface area contributed by atoms with E-state index in [0.29, 0.717) is 5.54 Å². The van der Waals surface area contributed by atoms with Crippen molar-refractivity contribution in [3.63, 3.8) is 0 Å². The van der Waals surface area contributed by atoms with Gasteiger partial charge in [-0.2, -0.15) is 0 Å². The molecule has 1 aliphatic heterocycles. The van der Waals surface area contributed by atoms with E-state index in [2.05, 4.69) is 69.5 Å². The van der Waals surface area contributed by atoms with Gasteiger partial charge < -0.3 is 4.74 Å². The van der Waals surface area contributed by atoms with E-state index in [9.17, 15) is 0 Å². The first-order chi connectivity index (χ1) is 10.7. The number of benzene rings is 1. The molecule has 1 saturated heterocycles. The normalized spacial score (nSPS) is 17.4. The van der Waals surface area contributed by atoms with Crippen molar-refractivity contribution in [1.82, 2.24) is 9.80 Å². The van der Waals surface area contributed by atoms with Crippen LogP contribution in [0.1, 0.15) is 47.1 Å². The van der Waals surface area contributed by atoms with Gasteiger partial charge in [0.15, 0.2) is 0 Å². The average Bonchev–Trinajstić information content (AvgIpc) is 2.44. The first-order valence-corrected chi connectivity index (χ1v) is 8.83. The molecule has 1 aromatic rings. The summed E-state index contributed by atoms with van der Waals surface area (Å²) in [7, 11) is 1.76. The van der Waals surface area contributed by atoms with Crippen LogP contribution in [0.15, 0.2) is 24.3 Å². The van der Waals surface area contributed by atoms with Crippen LogP contribution < -0.4 is 4.74 Å². The standard InChI is InChI=1S/C20H34N2O/c1-8-21(13-16-14-22(15-16)19(2,3)4)20(5,6)17-11-9-10-12-18(17)23-7/h9-12,16H,8,13-15H2,1-7H3. The fraction of sp³-hybridized carbons (Fsp3) is 0.700. The summed E-state index contributed by atoms with van der Waals surface area (Å²) in [4.78, 5) is 5.16. The third-order valence-electron chi connectivity index (χ3n) is 5.32. The summed E-state index contributed by atoms with van der Waals surface area (Å²) >= 11 is 0. The minimum Gasteiger partial charge on any atom is -0.496 e. The molecule has 0 bridgehead atoms. The predicted molar refractivity (Wildman–Crippen MR) is 98.1 cm³/mol. The quantitative estimate of drug-likeness (QED) is 0.789. The Hall–Kier alpha value is -1.06. The Morgan fingerprint density at radius 3 is 2.26 bits per heavy atom. The number of rotatable bonds is 6. The van der Waals surface area contributed by atoms with Crippen molar-refractivity contribution in [3.05, 3.63) is 29.8 Å². The Bertz CT molecular complexity index is 513. The van der Waals surface area contributed by atoms with Gasteiger partial charge in [0.2, 0.25) is 0 Å². The molecule has 1 heterocycles. The topological polar surface area (TPSA) is 15.7 Å². The van der Waals surface area contributed by atoms with Gasteiger partial charge in [0.1, 0.15) is 5.75 Å². The van der Waals surface area contributed by atoms with Gasteiger partial charge in [0.05, 0.1) is 7.11 Å². The molecule has 2 rings (SSSR count). The van der Waals surface area contributed by atoms with Crippen molar-refractivity contribution < 1.29 is 4.74 Å². The number of hydrogen-bond donors (Lipinski definition) is 0. The molecule has 0 unspecified atom stereocenters. The molecule has 23 heavy (non-hydrogen) atoms. The smallest absolute Gasteiger partial charge is 0.123 e. The lowest BCUT2D eigenvalue weighted by Gasteiger charge is -2.51. The molecule has 1 aliphatic rings. The third-order valence-corrected chi connectivity index (χ3v) is 5.32. The van der Waals surface area contributed by atoms with Crippen LogP contribution in [0.2, 0.25) is 0 Å². The van der Waals surface area contributed by atoms with E-state index in [1.54, 1.807) is 7.11 Å². The van der Waals surface area contributed by atoms with Crippen LogP contribution in [0.3, 0.4) is 0 Å². The zero-order valence-electron chi connectivity index (χ0n) is 16.0. The Morgan fingerprint density at radius 2 is 1.74 bits per heavy atom. The SMILES string of the molecule is CCN(CC1CN(C(C)(C)C)C1)C(C)(C)c1ccccc1OC. The molecule has 1 aromatic carbocycles. The molecular formula is C20H34N2O. The van der Waals surface area contributed by atoms with Crippen LogP contribution in [0.5, 0.6) is 5.75 Å². The number of ether oxygens (including phenoxy) is 1. The summed E-state index contributed by atoms with van der Waals surface area (Å²) in [5.41, 5.74) is 1.55. The van der Waals surface area contributed by atoms with Gasteiger partial charge in [-0.3, -0.25) is 9.80 Å². The van der Waals surface area contributed by atoms with Crippen LogP contribution >= 0.6 is 0 Å². The monoisotopic (exact) mass is 318 g/mol. The van der Waals surface area contributed by atoms with Gasteiger partial charge in [-0.05, 0) is 53.1 Å². The highest BCUT2D eigenvalue weighted by Gasteiger charge is 2.38. The van der Waals surface area contributed by atoms with Crippen LogP contribution in [-0.4, -0.2) is 48.6 Å². The Kier molecular flexibility index (Phi) is 5.42. The van der Waals surface area contributed by atoms with E-state index in [4.69, 9.17) is 4.74 Å². The van der Waals surface area contributed by atoms with Gasteiger partial charge in [-0.25, -0.2) is 0 Å². The van der Waals surface area contributed by atoms with Crippen molar-refractivity contribution in [2.75, 3.05) is 33.3 Å². The Balaban J connectivity index is 2.08. The van der Waals surface area contributed by atoms with Crippen LogP contribution in [0.25, 0.3) is 0 Å². The number of nitrogens with zero attached hydrogens (tertiary/aromatic N) is 2. The molecular weight excluding hydrogens is 284 g/mol. The largest absolute Gasteiger partial charge is 0.496 e. The zero-order valence-corrected chi connectivity index (χ0v) is 16.0. The highest BCUT2D eigenvalue weighted by Crippen LogP contribution is 2.36. The number of likely N-dealkylation sites (tertiary alicyclic amines) is 1. The second kappa shape index (κ2) is 6.82. The van der Waals surface area contributed by atoms with Gasteiger partial charge >= 0.3 is 0 Å². The van der Waals surface area contributed by atoms with Gasteiger partial charge in [0.25, 0.3) is 0 Å². The fourth-order valence-corrected chi connectivity index (χ4v) is 3.62. The summed E-state index contributed by atoms with van der Waals surface area (Å²) in [6.07, 6.45) is 0. The third kappa shape index (κ3) is 3.89. The average molecular weight is 319 g/mol. The lowest BCUT2D eigenvalue weighted by atomic mass is 9.87. The van der Waals surface area contributed by atoms with E-state index >= 15 is 0 Å². The molecule has 0 spiro atoms. The molecule has 3 heteroatoms. The fourth-order valence-electron chi connectivity index (χ4n) is 3.62. The Labute approximate surface area is 142 Å². The van der Waals surface area contributed by atoms with Crippen molar-refractivity contribution >= 4 is 0 Å². The molecule has 0 amide bonds. The number of methoxy groups -OCH3 is 1. The van der Waals surface area contributed by atoms with Crippen LogP contribution in [0.4, 0.5) is 0 Å². The van der Waals surface area contributed by atoms with E-state index in [-0.39, 0.29) is 5.54 Å². The van der Waals surface area contributed by atoms with E-state index in [1.165, 1.54) is 18.7 Å². The molecule has 1 fully saturated rings. The lowest BCUT2D eigenvalue weighted by molar-refractivity contribution is -0.0185. The summed E-state index contributed by atoms with van der Waals surface area (Å²) in [5.74, 6) is 1.75. The summed E-state index contributed by atoms with van der Waals surface area (Å²) in [6, 6.07) is 8.42. The van der Waals surface area contributed by atoms with Gasteiger partial charge in [-0.1, -0.05) is 25.1 Å². The highest BCUT2D eigenvalue weighted by atomic mass is 16.5. The lowest BCUT2D eigenvalue weighted by Crippen LogP contribution is -2.59. The molecule has 0 aliphatic carbocycles. The minimum absolute atomic E-state index is 0.0243. The van der Waals surface area contributed by atoms with E-state index < -0.39 is 0 Å². The van der Waals surface area contributed by atoms with Crippen molar-refractivity contribution in [2.24, 2.45) is 5.92 Å². The molecule has 0 aromatic heterocycles. The van der Waals surface area contributed by atoms with Gasteiger partial charge in [0, 0.05) is 36.3 Å². The highest BCUT2D eigenvalue weighted by molar-refractivity contribution is 5.38. The van der Waals surface area contributed by atoms with Crippen LogP contribution in [-0.2, 0) is 5.54 Å². The number of hydrogen-bond acceptors (Lipinski definition) is 3. The first kappa shape index (κ1) is 18.3. The number of para-hydroxylation sites is 1. The van der Waals surface area contributed by atoms with E-state index in [1.807, 2.05) is 6.07 Å². The van der Waals surface area contributed by atoms with E-state index in [0.717, 1.165) is 24.8 Å². The summed E-state index contributed by atoms with van der Waals surface area (Å²) < 4.78 is 5.60. The summed E-state index contributed by atoms with van der Waals surface area (Å²) in [6.45, 7) is 18.4. The first-order valence-electron chi connectivity index (χ1n) is 8.83. The maximum absolute atomic E-state index is 5.60. The van der Waals surface area contributed by atoms with Crippen LogP contribution in [0, 0.1) is 5.92 Å². The molecule has 3 nitrogen and oxygen atoms in total. The molecule has 0 radical (unpaired) electrons. The zero-order chi connectivity index (χ0) is 17.3. The van der Waals surface area contributed by atoms with Crippen molar-refractivity contribution in [1.29, 1.82) is 0 Å². The second-order valence-corrected chi connectivity index (χ2v) is 8.24. The minimum atomic E-state index is -0.0243.